The normalized spacial score (nSPS) is 27.2. The molecule has 2 unspecified atom stereocenters. The molecule has 5 atom stereocenters. The zero-order valence-electron chi connectivity index (χ0n) is 13.5. The van der Waals surface area contributed by atoms with Gasteiger partial charge in [0.15, 0.2) is 0 Å². The predicted octanol–water partition coefficient (Wildman–Crippen LogP) is -1.29. The van der Waals surface area contributed by atoms with E-state index < -0.39 is 58.5 Å². The Balaban J connectivity index is 1.99. The number of hydrogen-bond acceptors (Lipinski definition) is 10. The van der Waals surface area contributed by atoms with E-state index in [0.29, 0.717) is 0 Å². The molecule has 15 nitrogen and oxygen atoms in total. The third-order valence-electron chi connectivity index (χ3n) is 3.24. The van der Waals surface area contributed by atoms with Crippen LogP contribution in [0.4, 0.5) is 0 Å². The summed E-state index contributed by atoms with van der Waals surface area (Å²) in [7, 11) is -10.9. The minimum atomic E-state index is -5.46. The fourth-order valence-corrected chi connectivity index (χ4v) is 6.18. The molecule has 1 aromatic rings. The minimum absolute atomic E-state index is 0.00994. The number of hydrogen-bond donors (Lipinski definition) is 7. The van der Waals surface area contributed by atoms with Crippen molar-refractivity contribution in [3.8, 4) is 0 Å². The van der Waals surface area contributed by atoms with Crippen LogP contribution in [0.15, 0.2) is 15.8 Å². The molecule has 0 spiro atoms. The average molecular weight is 484 g/mol. The van der Waals surface area contributed by atoms with Crippen molar-refractivity contribution in [1.29, 1.82) is 0 Å². The maximum absolute atomic E-state index is 11.8. The van der Waals surface area contributed by atoms with Gasteiger partial charge in [0, 0.05) is 12.6 Å². The first-order valence-electron chi connectivity index (χ1n) is 7.11. The summed E-state index contributed by atoms with van der Waals surface area (Å²) in [6, 6.07) is 0. The Morgan fingerprint density at radius 1 is 1.21 bits per heavy atom. The van der Waals surface area contributed by atoms with E-state index >= 15 is 0 Å². The van der Waals surface area contributed by atoms with Crippen LogP contribution in [-0.2, 0) is 38.8 Å². The molecular formula is C9H15N2O13P3S. The number of rotatable bonds is 8. The molecule has 28 heavy (non-hydrogen) atoms. The molecule has 0 aliphatic carbocycles. The van der Waals surface area contributed by atoms with E-state index in [2.05, 4.69) is 25.4 Å². The van der Waals surface area contributed by atoms with Crippen LogP contribution in [0.1, 0.15) is 18.1 Å². The van der Waals surface area contributed by atoms with Gasteiger partial charge in [0.05, 0.1) is 24.4 Å². The highest BCUT2D eigenvalue weighted by Crippen LogP contribution is 2.66. The molecule has 0 bridgehead atoms. The van der Waals surface area contributed by atoms with Crippen LogP contribution < -0.4 is 11.2 Å². The van der Waals surface area contributed by atoms with Crippen molar-refractivity contribution in [3.63, 3.8) is 0 Å². The van der Waals surface area contributed by atoms with Crippen molar-refractivity contribution >= 4 is 34.2 Å². The van der Waals surface area contributed by atoms with E-state index in [1.54, 1.807) is 0 Å². The highest BCUT2D eigenvalue weighted by Gasteiger charge is 2.41. The summed E-state index contributed by atoms with van der Waals surface area (Å²) in [6.45, 7) is -5.21. The van der Waals surface area contributed by atoms with Gasteiger partial charge in [-0.25, -0.2) is 18.2 Å². The Morgan fingerprint density at radius 2 is 1.86 bits per heavy atom. The summed E-state index contributed by atoms with van der Waals surface area (Å²) in [6.07, 6.45) is -2.29. The molecule has 0 aromatic carbocycles. The molecule has 1 saturated heterocycles. The lowest BCUT2D eigenvalue weighted by atomic mass is 10.1. The molecule has 2 heterocycles. The number of aromatic nitrogens is 2. The van der Waals surface area contributed by atoms with Gasteiger partial charge in [-0.15, -0.1) is 0 Å². The summed E-state index contributed by atoms with van der Waals surface area (Å²) < 4.78 is 39.6. The fraction of sp³-hybridized carbons (Fsp3) is 0.556. The van der Waals surface area contributed by atoms with Gasteiger partial charge in [-0.1, -0.05) is 0 Å². The Hall–Kier alpha value is -0.570. The standard InChI is InChI=1S/C9H15N2O13P3S/c12-5-1-6(4-2-10-9(14)11-8(4)13)22-7(5)3-21-27(20,28)24-26(18,19)23-25(15,16)17/h2,5-7,12H,1,3H2,(H,18,19)(H,20,28)(H2,15,16,17)(H2,10,11,13,14)/t5-,6-,7-,27?/m1/s1. The van der Waals surface area contributed by atoms with Gasteiger partial charge in [0.2, 0.25) is 0 Å². The molecule has 1 aromatic heterocycles. The number of phosphoric acid groups is 2. The van der Waals surface area contributed by atoms with E-state index in [0.717, 1.165) is 6.20 Å². The first-order chi connectivity index (χ1) is 12.7. The fourth-order valence-electron chi connectivity index (χ4n) is 2.21. The molecular weight excluding hydrogens is 469 g/mol. The van der Waals surface area contributed by atoms with E-state index in [-0.39, 0.29) is 12.0 Å². The lowest BCUT2D eigenvalue weighted by Crippen LogP contribution is -2.27. The molecule has 1 aliphatic rings. The molecule has 1 aliphatic heterocycles. The van der Waals surface area contributed by atoms with Gasteiger partial charge < -0.3 is 38.9 Å². The quantitative estimate of drug-likeness (QED) is 0.213. The van der Waals surface area contributed by atoms with Crippen LogP contribution in [0.25, 0.3) is 0 Å². The summed E-state index contributed by atoms with van der Waals surface area (Å²) in [5.41, 5.74) is -1.47. The van der Waals surface area contributed by atoms with Crippen molar-refractivity contribution in [2.75, 3.05) is 6.61 Å². The SMILES string of the molecule is O=c1[nH]cc([C@H]2C[C@@H](O)[C@@H](COP(O)(=S)OP(=O)(O)OP(=O)(O)O)O2)c(=O)[nH]1. The third-order valence-corrected chi connectivity index (χ3v) is 7.96. The highest BCUT2D eigenvalue weighted by atomic mass is 32.5. The molecule has 1 fully saturated rings. The molecule has 0 saturated carbocycles. The number of aromatic amines is 2. The Kier molecular flexibility index (Phi) is 7.33. The Morgan fingerprint density at radius 3 is 2.43 bits per heavy atom. The smallest absolute Gasteiger partial charge is 0.390 e. The number of ether oxygens (including phenoxy) is 1. The molecule has 7 N–H and O–H groups in total. The Bertz CT molecular complexity index is 970. The Labute approximate surface area is 160 Å². The van der Waals surface area contributed by atoms with Crippen molar-refractivity contribution in [3.05, 3.63) is 32.6 Å². The zero-order chi connectivity index (χ0) is 21.3. The van der Waals surface area contributed by atoms with E-state index in [4.69, 9.17) is 23.9 Å². The number of H-pyrrole nitrogens is 2. The van der Waals surface area contributed by atoms with E-state index in [9.17, 15) is 28.7 Å². The molecule has 160 valence electrons. The van der Waals surface area contributed by atoms with E-state index in [1.165, 1.54) is 0 Å². The third kappa shape index (κ3) is 7.04. The highest BCUT2D eigenvalue weighted by molar-refractivity contribution is 8.08. The van der Waals surface area contributed by atoms with E-state index in [1.807, 2.05) is 4.98 Å². The summed E-state index contributed by atoms with van der Waals surface area (Å²) in [4.78, 5) is 62.9. The van der Waals surface area contributed by atoms with Crippen molar-refractivity contribution in [1.82, 2.24) is 9.97 Å². The summed E-state index contributed by atoms with van der Waals surface area (Å²) >= 11 is 4.44. The molecule has 0 radical (unpaired) electrons. The molecule has 0 amide bonds. The monoisotopic (exact) mass is 484 g/mol. The maximum atomic E-state index is 11.8. The van der Waals surface area contributed by atoms with Crippen molar-refractivity contribution in [2.45, 2.75) is 24.7 Å². The second-order valence-electron chi connectivity index (χ2n) is 5.38. The van der Waals surface area contributed by atoms with Gasteiger partial charge in [-0.05, 0) is 11.8 Å². The van der Waals surface area contributed by atoms with Crippen LogP contribution in [0, 0.1) is 0 Å². The van der Waals surface area contributed by atoms with Gasteiger partial charge in [0.1, 0.15) is 6.10 Å². The van der Waals surface area contributed by atoms with Gasteiger partial charge in [0.25, 0.3) is 5.56 Å². The second kappa shape index (κ2) is 8.66. The van der Waals surface area contributed by atoms with Gasteiger partial charge >= 0.3 is 28.1 Å². The first-order valence-corrected chi connectivity index (χ1v) is 12.7. The van der Waals surface area contributed by atoms with Crippen LogP contribution in [0.5, 0.6) is 0 Å². The number of aliphatic hydroxyl groups is 1. The minimum Gasteiger partial charge on any atom is -0.390 e. The predicted molar refractivity (Wildman–Crippen MR) is 92.4 cm³/mol. The average Bonchev–Trinajstić information content (AvgIpc) is 2.82. The van der Waals surface area contributed by atoms with Crippen LogP contribution in [0.2, 0.25) is 0 Å². The van der Waals surface area contributed by atoms with Gasteiger partial charge in [-0.3, -0.25) is 9.78 Å². The lowest BCUT2D eigenvalue weighted by molar-refractivity contribution is -0.0193. The zero-order valence-corrected chi connectivity index (χ0v) is 17.0. The maximum Gasteiger partial charge on any atom is 0.488 e. The van der Waals surface area contributed by atoms with Crippen LogP contribution in [-0.4, -0.2) is 53.5 Å². The van der Waals surface area contributed by atoms with Crippen LogP contribution in [0.3, 0.4) is 0 Å². The summed E-state index contributed by atoms with van der Waals surface area (Å²) in [5, 5.41) is 9.98. The second-order valence-corrected chi connectivity index (χ2v) is 11.2. The topological polar surface area (TPSA) is 238 Å². The van der Waals surface area contributed by atoms with Crippen molar-refractivity contribution < 1.29 is 51.7 Å². The lowest BCUT2D eigenvalue weighted by Gasteiger charge is -2.21. The number of aliphatic hydroxyl groups excluding tert-OH is 1. The van der Waals surface area contributed by atoms with Crippen LogP contribution >= 0.6 is 22.4 Å². The largest absolute Gasteiger partial charge is 0.488 e. The van der Waals surface area contributed by atoms with Crippen molar-refractivity contribution in [2.24, 2.45) is 0 Å². The summed E-state index contributed by atoms with van der Waals surface area (Å²) in [5.74, 6) is 0. The van der Waals surface area contributed by atoms with Gasteiger partial charge in [-0.2, -0.15) is 4.31 Å². The molecule has 2 rings (SSSR count). The number of nitrogens with one attached hydrogen (secondary N) is 2. The first kappa shape index (κ1) is 23.7. The molecule has 19 heteroatoms.